The zero-order valence-electron chi connectivity index (χ0n) is 12.6. The molecule has 1 aromatic rings. The van der Waals surface area contributed by atoms with Crippen molar-refractivity contribution in [3.05, 3.63) is 10.0 Å². The Morgan fingerprint density at radius 3 is 2.52 bits per heavy atom. The molecule has 3 nitrogen and oxygen atoms in total. The molecule has 3 aliphatic rings. The molecule has 3 heterocycles. The number of hydrogen-bond acceptors (Lipinski definition) is 4. The minimum Gasteiger partial charge on any atom is -0.348 e. The Hall–Kier alpha value is -0.320. The van der Waals surface area contributed by atoms with Crippen LogP contribution in [0.3, 0.4) is 0 Å². The van der Waals surface area contributed by atoms with E-state index < -0.39 is 0 Å². The molecule has 1 aromatic heterocycles. The van der Waals surface area contributed by atoms with Crippen molar-refractivity contribution >= 4 is 28.1 Å². The van der Waals surface area contributed by atoms with Crippen molar-refractivity contribution < 1.29 is 0 Å². The maximum absolute atomic E-state index is 6.41. The minimum atomic E-state index is 0.748. The first-order chi connectivity index (χ1) is 10.3. The number of anilines is 1. The summed E-state index contributed by atoms with van der Waals surface area (Å²) < 4.78 is 0. The van der Waals surface area contributed by atoms with Crippen LogP contribution in [0.5, 0.6) is 0 Å². The van der Waals surface area contributed by atoms with Gasteiger partial charge in [-0.05, 0) is 43.9 Å². The Balaban J connectivity index is 1.44. The lowest BCUT2D eigenvalue weighted by Gasteiger charge is -2.41. The van der Waals surface area contributed by atoms with E-state index in [1.54, 1.807) is 0 Å². The average Bonchev–Trinajstić information content (AvgIpc) is 3.09. The van der Waals surface area contributed by atoms with Crippen LogP contribution in [0.15, 0.2) is 0 Å². The maximum Gasteiger partial charge on any atom is 0.187 e. The van der Waals surface area contributed by atoms with E-state index in [-0.39, 0.29) is 0 Å². The Kier molecular flexibility index (Phi) is 4.12. The fourth-order valence-electron chi connectivity index (χ4n) is 4.33. The number of nitrogens with zero attached hydrogens (tertiary/aromatic N) is 3. The van der Waals surface area contributed by atoms with E-state index in [1.165, 1.54) is 56.5 Å². The van der Waals surface area contributed by atoms with E-state index in [4.69, 9.17) is 11.6 Å². The standard InChI is InChI=1S/C16H24ClN3S/c17-15-14(21-16(18-15)20-6-1-2-7-20)11-19-9-12-4-3-5-13(8-12)10-19/h12-13H,1-11H2/t12-,13-/m1/s1. The van der Waals surface area contributed by atoms with E-state index in [0.717, 1.165) is 41.8 Å². The van der Waals surface area contributed by atoms with Crippen LogP contribution in [0.1, 0.15) is 43.4 Å². The van der Waals surface area contributed by atoms with Gasteiger partial charge in [-0.3, -0.25) is 4.90 Å². The number of piperidine rings is 1. The molecule has 3 fully saturated rings. The zero-order valence-corrected chi connectivity index (χ0v) is 14.1. The Bertz CT molecular complexity index is 486. The summed E-state index contributed by atoms with van der Waals surface area (Å²) >= 11 is 8.23. The van der Waals surface area contributed by atoms with Gasteiger partial charge in [0.05, 0.1) is 4.88 Å². The predicted octanol–water partition coefficient (Wildman–Crippen LogP) is 4.02. The van der Waals surface area contributed by atoms with Gasteiger partial charge in [0.1, 0.15) is 5.15 Å². The van der Waals surface area contributed by atoms with Crippen LogP contribution < -0.4 is 4.90 Å². The van der Waals surface area contributed by atoms with E-state index in [0.29, 0.717) is 0 Å². The molecule has 1 aliphatic carbocycles. The predicted molar refractivity (Wildman–Crippen MR) is 89.3 cm³/mol. The van der Waals surface area contributed by atoms with Crippen molar-refractivity contribution in [1.82, 2.24) is 9.88 Å². The molecule has 0 amide bonds. The second-order valence-electron chi connectivity index (χ2n) is 7.00. The molecule has 5 heteroatoms. The molecule has 0 radical (unpaired) electrons. The summed E-state index contributed by atoms with van der Waals surface area (Å²) in [6.07, 6.45) is 8.37. The fourth-order valence-corrected chi connectivity index (χ4v) is 5.69. The van der Waals surface area contributed by atoms with Crippen molar-refractivity contribution in [1.29, 1.82) is 0 Å². The summed E-state index contributed by atoms with van der Waals surface area (Å²) in [5.41, 5.74) is 0. The zero-order chi connectivity index (χ0) is 14.2. The molecule has 21 heavy (non-hydrogen) atoms. The van der Waals surface area contributed by atoms with Crippen LogP contribution in [-0.4, -0.2) is 36.1 Å². The van der Waals surface area contributed by atoms with Crippen LogP contribution >= 0.6 is 22.9 Å². The molecule has 1 saturated carbocycles. The van der Waals surface area contributed by atoms with Gasteiger partial charge < -0.3 is 4.90 Å². The summed E-state index contributed by atoms with van der Waals surface area (Å²) in [6.45, 7) is 5.85. The number of likely N-dealkylation sites (tertiary alicyclic amines) is 1. The lowest BCUT2D eigenvalue weighted by Crippen LogP contribution is -2.41. The highest BCUT2D eigenvalue weighted by Crippen LogP contribution is 2.37. The summed E-state index contributed by atoms with van der Waals surface area (Å²) in [5, 5.41) is 1.89. The minimum absolute atomic E-state index is 0.748. The number of halogens is 1. The molecule has 0 aromatic carbocycles. The van der Waals surface area contributed by atoms with Gasteiger partial charge in [0.2, 0.25) is 0 Å². The number of aromatic nitrogens is 1. The monoisotopic (exact) mass is 325 g/mol. The van der Waals surface area contributed by atoms with Crippen LogP contribution in [0.2, 0.25) is 5.15 Å². The number of rotatable bonds is 3. The number of fused-ring (bicyclic) bond motifs is 2. The average molecular weight is 326 g/mol. The van der Waals surface area contributed by atoms with Gasteiger partial charge in [0.15, 0.2) is 5.13 Å². The summed E-state index contributed by atoms with van der Waals surface area (Å²) in [6, 6.07) is 0. The van der Waals surface area contributed by atoms with Crippen molar-refractivity contribution in [3.63, 3.8) is 0 Å². The number of hydrogen-bond donors (Lipinski definition) is 0. The van der Waals surface area contributed by atoms with Crippen LogP contribution in [0, 0.1) is 11.8 Å². The first kappa shape index (κ1) is 14.3. The normalized spacial score (nSPS) is 30.0. The molecular formula is C16H24ClN3S. The molecule has 0 unspecified atom stereocenters. The molecule has 2 saturated heterocycles. The van der Waals surface area contributed by atoms with Crippen LogP contribution in [0.4, 0.5) is 5.13 Å². The first-order valence-corrected chi connectivity index (χ1v) is 9.60. The summed E-state index contributed by atoms with van der Waals surface area (Å²) in [7, 11) is 0. The second-order valence-corrected chi connectivity index (χ2v) is 8.42. The maximum atomic E-state index is 6.41. The SMILES string of the molecule is Clc1nc(N2CCCC2)sc1CN1C[C@@H]2CCC[C@H](C2)C1. The van der Waals surface area contributed by atoms with Gasteiger partial charge in [-0.1, -0.05) is 29.4 Å². The Morgan fingerprint density at radius 2 is 1.81 bits per heavy atom. The Labute approximate surface area is 136 Å². The highest BCUT2D eigenvalue weighted by atomic mass is 35.5. The van der Waals surface area contributed by atoms with Crippen molar-refractivity contribution in [2.45, 2.75) is 45.1 Å². The van der Waals surface area contributed by atoms with Crippen LogP contribution in [-0.2, 0) is 6.54 Å². The van der Waals surface area contributed by atoms with Crippen molar-refractivity contribution in [2.24, 2.45) is 11.8 Å². The fraction of sp³-hybridized carbons (Fsp3) is 0.812. The lowest BCUT2D eigenvalue weighted by molar-refractivity contribution is 0.0815. The van der Waals surface area contributed by atoms with Gasteiger partial charge in [-0.2, -0.15) is 0 Å². The Morgan fingerprint density at radius 1 is 1.10 bits per heavy atom. The highest BCUT2D eigenvalue weighted by Gasteiger charge is 2.31. The smallest absolute Gasteiger partial charge is 0.187 e. The van der Waals surface area contributed by atoms with Gasteiger partial charge in [0.25, 0.3) is 0 Å². The van der Waals surface area contributed by atoms with E-state index in [9.17, 15) is 0 Å². The molecule has 2 aliphatic heterocycles. The van der Waals surface area contributed by atoms with E-state index in [1.807, 2.05) is 11.3 Å². The molecule has 2 bridgehead atoms. The molecule has 0 spiro atoms. The highest BCUT2D eigenvalue weighted by molar-refractivity contribution is 7.16. The van der Waals surface area contributed by atoms with Crippen molar-refractivity contribution in [3.8, 4) is 0 Å². The second kappa shape index (κ2) is 6.05. The third-order valence-corrected chi connectivity index (χ3v) is 6.83. The van der Waals surface area contributed by atoms with Gasteiger partial charge in [0, 0.05) is 32.7 Å². The van der Waals surface area contributed by atoms with Gasteiger partial charge in [-0.25, -0.2) is 4.98 Å². The summed E-state index contributed by atoms with van der Waals surface area (Å²) in [4.78, 5) is 10.9. The quantitative estimate of drug-likeness (QED) is 0.836. The first-order valence-electron chi connectivity index (χ1n) is 8.40. The van der Waals surface area contributed by atoms with E-state index in [2.05, 4.69) is 14.8 Å². The number of thiazole rings is 1. The summed E-state index contributed by atoms with van der Waals surface area (Å²) in [5.74, 6) is 1.87. The third-order valence-electron chi connectivity index (χ3n) is 5.31. The molecule has 116 valence electrons. The van der Waals surface area contributed by atoms with Crippen LogP contribution in [0.25, 0.3) is 0 Å². The van der Waals surface area contributed by atoms with Gasteiger partial charge >= 0.3 is 0 Å². The molecular weight excluding hydrogens is 302 g/mol. The largest absolute Gasteiger partial charge is 0.348 e. The van der Waals surface area contributed by atoms with Crippen molar-refractivity contribution in [2.75, 3.05) is 31.1 Å². The van der Waals surface area contributed by atoms with Gasteiger partial charge in [-0.15, -0.1) is 0 Å². The molecule has 4 rings (SSSR count). The van der Waals surface area contributed by atoms with E-state index >= 15 is 0 Å². The topological polar surface area (TPSA) is 19.4 Å². The molecule has 2 atom stereocenters. The third kappa shape index (κ3) is 3.08. The lowest BCUT2D eigenvalue weighted by atomic mass is 9.78. The molecule has 0 N–H and O–H groups in total.